The molecule has 6 rings (SSSR count). The molecule has 0 unspecified atom stereocenters. The molecule has 16 nitrogen and oxygen atoms in total. The summed E-state index contributed by atoms with van der Waals surface area (Å²) >= 11 is 0. The van der Waals surface area contributed by atoms with Crippen molar-refractivity contribution in [1.29, 1.82) is 0 Å². The van der Waals surface area contributed by atoms with Gasteiger partial charge in [0.15, 0.2) is 23.6 Å². The molecule has 1 aromatic carbocycles. The largest absolute Gasteiger partial charge is 0.456 e. The molecule has 0 aromatic heterocycles. The van der Waals surface area contributed by atoms with Gasteiger partial charge in [0, 0.05) is 32.1 Å². The molecule has 11 atom stereocenters. The summed E-state index contributed by atoms with van der Waals surface area (Å²) in [4.78, 5) is 82.4. The summed E-state index contributed by atoms with van der Waals surface area (Å²) in [6.45, 7) is 13.0. The van der Waals surface area contributed by atoms with Gasteiger partial charge in [0.2, 0.25) is 0 Å². The summed E-state index contributed by atoms with van der Waals surface area (Å²) in [7, 11) is 0. The lowest BCUT2D eigenvalue weighted by Crippen LogP contribution is -2.82. The number of hydrogen-bond acceptors (Lipinski definition) is 15. The Morgan fingerprint density at radius 2 is 1.61 bits per heavy atom. The van der Waals surface area contributed by atoms with E-state index in [1.54, 1.807) is 52.8 Å². The molecule has 0 spiro atoms. The van der Waals surface area contributed by atoms with Crippen LogP contribution in [0, 0.1) is 22.7 Å². The van der Waals surface area contributed by atoms with E-state index in [1.807, 2.05) is 0 Å². The van der Waals surface area contributed by atoms with Crippen LogP contribution in [0.2, 0.25) is 0 Å². The third kappa shape index (κ3) is 7.54. The molecule has 3 saturated carbocycles. The van der Waals surface area contributed by atoms with Crippen LogP contribution in [-0.2, 0) is 47.6 Å². The number of fused-ring (bicyclic) bond motifs is 5. The lowest BCUT2D eigenvalue weighted by molar-refractivity contribution is -0.346. The van der Waals surface area contributed by atoms with Gasteiger partial charge in [-0.15, -0.1) is 0 Å². The maximum Gasteiger partial charge on any atom is 0.407 e. The fourth-order valence-corrected chi connectivity index (χ4v) is 10.1. The van der Waals surface area contributed by atoms with Crippen LogP contribution in [0.15, 0.2) is 41.5 Å². The van der Waals surface area contributed by atoms with Crippen LogP contribution in [0.25, 0.3) is 0 Å². The van der Waals surface area contributed by atoms with Crippen molar-refractivity contribution in [3.05, 3.63) is 47.0 Å². The number of esters is 4. The summed E-state index contributed by atoms with van der Waals surface area (Å²) < 4.78 is 35.6. The topological polar surface area (TPSA) is 231 Å². The SMILES string of the molecule is CC(=O)O[C@H]1C(=O)[C@@]2(C)[C@H]([C@H](OC(=O)c3ccccc3)[C@]3(O)C[C@H](OC(=O)[C@H](O)[C@@H](NC(=O)OC(C)(C)C)C4CCC4)C(C)=C1C3(C)C)[C@]1(OC(C)=O)CO[C@@H]1C[C@@H]2O. The quantitative estimate of drug-likeness (QED) is 0.159. The molecule has 1 amide bonds. The van der Waals surface area contributed by atoms with Gasteiger partial charge in [0.05, 0.1) is 35.6 Å². The number of nitrogens with one attached hydrogen (secondary N) is 1. The Balaban J connectivity index is 1.52. The molecule has 1 aromatic rings. The molecule has 1 aliphatic heterocycles. The Morgan fingerprint density at radius 1 is 0.966 bits per heavy atom. The summed E-state index contributed by atoms with van der Waals surface area (Å²) in [5.74, 6) is -6.41. The third-order valence-electron chi connectivity index (χ3n) is 13.4. The van der Waals surface area contributed by atoms with Crippen LogP contribution in [0.4, 0.5) is 4.79 Å². The molecule has 4 aliphatic carbocycles. The second-order valence-electron chi connectivity index (χ2n) is 18.5. The highest BCUT2D eigenvalue weighted by molar-refractivity contribution is 5.95. The highest BCUT2D eigenvalue weighted by atomic mass is 16.6. The van der Waals surface area contributed by atoms with Gasteiger partial charge in [0.25, 0.3) is 0 Å². The van der Waals surface area contributed by atoms with Gasteiger partial charge >= 0.3 is 30.0 Å². The number of benzene rings is 1. The number of rotatable bonds is 9. The van der Waals surface area contributed by atoms with Crippen molar-refractivity contribution in [3.63, 3.8) is 0 Å². The predicted octanol–water partition coefficient (Wildman–Crippen LogP) is 3.26. The van der Waals surface area contributed by atoms with E-state index >= 15 is 4.79 Å². The minimum Gasteiger partial charge on any atom is -0.456 e. The van der Waals surface area contributed by atoms with Crippen molar-refractivity contribution in [3.8, 4) is 0 Å². The van der Waals surface area contributed by atoms with Crippen molar-refractivity contribution < 1.29 is 72.5 Å². The Morgan fingerprint density at radius 3 is 2.14 bits per heavy atom. The summed E-state index contributed by atoms with van der Waals surface area (Å²) in [5.41, 5.74) is -8.37. The maximum absolute atomic E-state index is 15.4. The Bertz CT molecular complexity index is 1900. The minimum absolute atomic E-state index is 0.0160. The first kappa shape index (κ1) is 44.2. The number of carbonyl (C=O) groups excluding carboxylic acids is 6. The number of hydrogen-bond donors (Lipinski definition) is 4. The average molecular weight is 828 g/mol. The number of Topliss-reactive ketones (excluding diaryl/α,β-unsaturated/α-hetero) is 1. The lowest BCUT2D eigenvalue weighted by Gasteiger charge is -2.67. The molecule has 59 heavy (non-hydrogen) atoms. The monoisotopic (exact) mass is 827 g/mol. The molecule has 5 aliphatic rings. The van der Waals surface area contributed by atoms with E-state index in [0.717, 1.165) is 20.3 Å². The Kier molecular flexibility index (Phi) is 11.7. The highest BCUT2D eigenvalue weighted by Crippen LogP contribution is 2.64. The number of alkyl carbamates (subject to hydrolysis) is 1. The fraction of sp³-hybridized carbons (Fsp3) is 0.674. The van der Waals surface area contributed by atoms with Gasteiger partial charge in [0.1, 0.15) is 29.5 Å². The number of aliphatic hydroxyl groups excluding tert-OH is 2. The zero-order valence-electron chi connectivity index (χ0n) is 35.1. The number of ether oxygens (including phenoxy) is 6. The van der Waals surface area contributed by atoms with E-state index in [-0.39, 0.29) is 35.7 Å². The van der Waals surface area contributed by atoms with E-state index in [0.29, 0.717) is 12.8 Å². The van der Waals surface area contributed by atoms with Crippen molar-refractivity contribution in [2.45, 2.75) is 154 Å². The molecule has 4 N–H and O–H groups in total. The van der Waals surface area contributed by atoms with Crippen LogP contribution < -0.4 is 5.32 Å². The van der Waals surface area contributed by atoms with Crippen LogP contribution in [-0.4, -0.2) is 117 Å². The van der Waals surface area contributed by atoms with Gasteiger partial charge in [-0.05, 0) is 76.7 Å². The number of aliphatic hydroxyl groups is 3. The summed E-state index contributed by atoms with van der Waals surface area (Å²) in [5, 5.41) is 39.8. The van der Waals surface area contributed by atoms with Crippen LogP contribution >= 0.6 is 0 Å². The first-order valence-corrected chi connectivity index (χ1v) is 20.2. The van der Waals surface area contributed by atoms with Crippen LogP contribution in [0.3, 0.4) is 0 Å². The molecule has 4 fully saturated rings. The summed E-state index contributed by atoms with van der Waals surface area (Å²) in [6.07, 6.45) is -9.06. The first-order valence-electron chi connectivity index (χ1n) is 20.2. The zero-order valence-corrected chi connectivity index (χ0v) is 35.1. The van der Waals surface area contributed by atoms with E-state index < -0.39 is 118 Å². The van der Waals surface area contributed by atoms with Gasteiger partial charge < -0.3 is 49.1 Å². The average Bonchev–Trinajstić information content (AvgIpc) is 3.10. The van der Waals surface area contributed by atoms with E-state index in [1.165, 1.54) is 26.0 Å². The first-order chi connectivity index (χ1) is 27.4. The van der Waals surface area contributed by atoms with Crippen LogP contribution in [0.1, 0.15) is 105 Å². The highest BCUT2D eigenvalue weighted by Gasteiger charge is 2.78. The molecule has 324 valence electrons. The minimum atomic E-state index is -2.36. The van der Waals surface area contributed by atoms with E-state index in [4.69, 9.17) is 28.4 Å². The van der Waals surface area contributed by atoms with Crippen LogP contribution in [0.5, 0.6) is 0 Å². The molecular formula is C43H57NO15. The fourth-order valence-electron chi connectivity index (χ4n) is 10.1. The number of carbonyl (C=O) groups is 6. The summed E-state index contributed by atoms with van der Waals surface area (Å²) in [6, 6.07) is 6.76. The lowest BCUT2D eigenvalue weighted by atomic mass is 9.44. The maximum atomic E-state index is 15.4. The number of ketones is 1. The standard InChI is InChI=1S/C43H57NO15/c1-21-26(56-37(51)31(48)30(24-16-13-17-24)44-38(52)59-39(4,5)6)19-43(53)35(57-36(50)25-14-11-10-12-15-25)33-41(9,27(47)18-28-42(33,20-54-28)58-23(3)46)34(49)32(55-22(2)45)29(21)40(43,7)8/h10-12,14-15,24,26-28,30-33,35,47-48,53H,13,16-20H2,1-9H3,(H,44,52)/t26-,27-,28+,30-,31+,32+,33-,35-,41+,42-,43+/m0/s1. The molecule has 0 radical (unpaired) electrons. The second-order valence-corrected chi connectivity index (χ2v) is 18.5. The van der Waals surface area contributed by atoms with Gasteiger partial charge in [-0.2, -0.15) is 0 Å². The molecule has 2 bridgehead atoms. The van der Waals surface area contributed by atoms with Crippen molar-refractivity contribution >= 4 is 35.8 Å². The predicted molar refractivity (Wildman–Crippen MR) is 205 cm³/mol. The third-order valence-corrected chi connectivity index (χ3v) is 13.4. The van der Waals surface area contributed by atoms with Crippen molar-refractivity contribution in [2.24, 2.45) is 22.7 Å². The normalized spacial score (nSPS) is 34.7. The van der Waals surface area contributed by atoms with Crippen molar-refractivity contribution in [1.82, 2.24) is 5.32 Å². The van der Waals surface area contributed by atoms with E-state index in [9.17, 15) is 39.3 Å². The Hall–Kier alpha value is -4.38. The van der Waals surface area contributed by atoms with E-state index in [2.05, 4.69) is 5.32 Å². The van der Waals surface area contributed by atoms with Gasteiger partial charge in [-0.25, -0.2) is 14.4 Å². The molecule has 1 saturated heterocycles. The second kappa shape index (κ2) is 15.6. The zero-order chi connectivity index (χ0) is 43.6. The van der Waals surface area contributed by atoms with Gasteiger partial charge in [-0.3, -0.25) is 14.4 Å². The van der Waals surface area contributed by atoms with Gasteiger partial charge in [-0.1, -0.05) is 38.5 Å². The molecule has 16 heteroatoms. The Labute approximate surface area is 343 Å². The van der Waals surface area contributed by atoms with Crippen molar-refractivity contribution in [2.75, 3.05) is 6.61 Å². The molecule has 1 heterocycles. The smallest absolute Gasteiger partial charge is 0.407 e. The number of amides is 1. The molecular weight excluding hydrogens is 770 g/mol.